The number of hydrogen-bond donors (Lipinski definition) is 1. The number of amides is 2. The zero-order valence-corrected chi connectivity index (χ0v) is 24.0. The maximum atomic E-state index is 13.8. The van der Waals surface area contributed by atoms with E-state index in [0.717, 1.165) is 42.7 Å². The molecule has 0 aromatic heterocycles. The Kier molecular flexibility index (Phi) is 10.5. The van der Waals surface area contributed by atoms with Crippen LogP contribution in [0.2, 0.25) is 15.1 Å². The van der Waals surface area contributed by atoms with E-state index in [1.807, 2.05) is 6.92 Å². The number of carbonyl (C=O) groups excluding carboxylic acids is 2. The number of halogens is 3. The van der Waals surface area contributed by atoms with Gasteiger partial charge in [0.1, 0.15) is 12.6 Å². The molecule has 1 N–H and O–H groups in total. The molecule has 7 nitrogen and oxygen atoms in total. The van der Waals surface area contributed by atoms with E-state index in [9.17, 15) is 18.0 Å². The van der Waals surface area contributed by atoms with Gasteiger partial charge in [-0.1, -0.05) is 79.2 Å². The third-order valence-corrected chi connectivity index (χ3v) is 8.53. The maximum absolute atomic E-state index is 13.8. The van der Waals surface area contributed by atoms with Crippen molar-refractivity contribution in [3.05, 3.63) is 63.1 Å². The van der Waals surface area contributed by atoms with Gasteiger partial charge in [-0.25, -0.2) is 8.42 Å². The molecule has 1 atom stereocenters. The highest BCUT2D eigenvalue weighted by atomic mass is 35.5. The minimum Gasteiger partial charge on any atom is -0.352 e. The summed E-state index contributed by atoms with van der Waals surface area (Å²) >= 11 is 18.7. The Labute approximate surface area is 234 Å². The molecule has 1 aliphatic rings. The average Bonchev–Trinajstić information content (AvgIpc) is 2.84. The number of nitrogens with zero attached hydrogens (tertiary/aromatic N) is 2. The van der Waals surface area contributed by atoms with Gasteiger partial charge in [-0.05, 0) is 49.1 Å². The zero-order valence-electron chi connectivity index (χ0n) is 20.9. The van der Waals surface area contributed by atoms with Crippen molar-refractivity contribution in [1.29, 1.82) is 0 Å². The van der Waals surface area contributed by atoms with Crippen LogP contribution in [0.25, 0.3) is 0 Å². The molecule has 37 heavy (non-hydrogen) atoms. The Balaban J connectivity index is 1.94. The molecule has 11 heteroatoms. The molecule has 2 aromatic carbocycles. The first kappa shape index (κ1) is 29.6. The molecule has 0 saturated heterocycles. The van der Waals surface area contributed by atoms with Crippen LogP contribution in [-0.4, -0.2) is 50.0 Å². The van der Waals surface area contributed by atoms with Crippen molar-refractivity contribution in [2.75, 3.05) is 17.1 Å². The lowest BCUT2D eigenvalue weighted by Crippen LogP contribution is -2.54. The maximum Gasteiger partial charge on any atom is 0.244 e. The zero-order chi connectivity index (χ0) is 27.2. The van der Waals surface area contributed by atoms with E-state index < -0.39 is 28.5 Å². The largest absolute Gasteiger partial charge is 0.352 e. The lowest BCUT2D eigenvalue weighted by molar-refractivity contribution is -0.140. The van der Waals surface area contributed by atoms with Crippen LogP contribution >= 0.6 is 34.8 Å². The molecule has 0 unspecified atom stereocenters. The predicted octanol–water partition coefficient (Wildman–Crippen LogP) is 5.67. The molecule has 1 fully saturated rings. The standard InChI is InChI=1S/C26H32Cl3N3O4S/c1-3-23(26(34)30-20-10-5-4-6-11-20)31(16-18-9-7-8-12-21(18)28)25(33)17-32(37(2,35)36)24-14-13-19(27)15-22(24)29/h7-9,12-15,20,23H,3-6,10-11,16-17H2,1-2H3,(H,30,34)/t23-/m1/s1. The number of sulfonamides is 1. The molecule has 0 heterocycles. The summed E-state index contributed by atoms with van der Waals surface area (Å²) in [5.41, 5.74) is 0.774. The summed E-state index contributed by atoms with van der Waals surface area (Å²) in [6, 6.07) is 10.7. The molecule has 3 rings (SSSR count). The normalized spacial score (nSPS) is 15.2. The van der Waals surface area contributed by atoms with Gasteiger partial charge >= 0.3 is 0 Å². The summed E-state index contributed by atoms with van der Waals surface area (Å²) in [4.78, 5) is 28.6. The number of benzene rings is 2. The van der Waals surface area contributed by atoms with E-state index in [2.05, 4.69) is 5.32 Å². The number of anilines is 1. The molecule has 0 spiro atoms. The molecule has 0 bridgehead atoms. The Bertz CT molecular complexity index is 1220. The van der Waals surface area contributed by atoms with Crippen LogP contribution in [0.1, 0.15) is 51.0 Å². The fourth-order valence-electron chi connectivity index (χ4n) is 4.55. The number of hydrogen-bond acceptors (Lipinski definition) is 4. The van der Waals surface area contributed by atoms with Crippen molar-refractivity contribution in [3.8, 4) is 0 Å². The van der Waals surface area contributed by atoms with Gasteiger partial charge in [0.05, 0.1) is 17.0 Å². The molecule has 0 aliphatic heterocycles. The van der Waals surface area contributed by atoms with Crippen LogP contribution in [0.4, 0.5) is 5.69 Å². The minimum absolute atomic E-state index is 0.0427. The first-order chi connectivity index (χ1) is 17.5. The lowest BCUT2D eigenvalue weighted by Gasteiger charge is -2.34. The predicted molar refractivity (Wildman–Crippen MR) is 150 cm³/mol. The SMILES string of the molecule is CC[C@H](C(=O)NC1CCCCC1)N(Cc1ccccc1Cl)C(=O)CN(c1ccc(Cl)cc1Cl)S(C)(=O)=O. The van der Waals surface area contributed by atoms with Gasteiger partial charge in [0.2, 0.25) is 21.8 Å². The summed E-state index contributed by atoms with van der Waals surface area (Å²) in [5, 5.41) is 3.97. The van der Waals surface area contributed by atoms with Crippen LogP contribution in [0.5, 0.6) is 0 Å². The van der Waals surface area contributed by atoms with Crippen LogP contribution in [-0.2, 0) is 26.2 Å². The van der Waals surface area contributed by atoms with Crippen molar-refractivity contribution < 1.29 is 18.0 Å². The Morgan fingerprint density at radius 2 is 1.70 bits per heavy atom. The minimum atomic E-state index is -3.91. The third-order valence-electron chi connectivity index (χ3n) is 6.49. The van der Waals surface area contributed by atoms with Crippen LogP contribution < -0.4 is 9.62 Å². The quantitative estimate of drug-likeness (QED) is 0.388. The van der Waals surface area contributed by atoms with E-state index >= 15 is 0 Å². The molecular formula is C26H32Cl3N3O4S. The van der Waals surface area contributed by atoms with E-state index in [0.29, 0.717) is 22.0 Å². The van der Waals surface area contributed by atoms with Crippen LogP contribution in [0, 0.1) is 0 Å². The van der Waals surface area contributed by atoms with Crippen molar-refractivity contribution >= 4 is 62.3 Å². The lowest BCUT2D eigenvalue weighted by atomic mass is 9.95. The highest BCUT2D eigenvalue weighted by Gasteiger charge is 2.33. The second-order valence-electron chi connectivity index (χ2n) is 9.25. The van der Waals surface area contributed by atoms with Crippen molar-refractivity contribution in [2.45, 2.75) is 64.1 Å². The molecule has 1 aliphatic carbocycles. The highest BCUT2D eigenvalue weighted by molar-refractivity contribution is 7.92. The summed E-state index contributed by atoms with van der Waals surface area (Å²) in [5.74, 6) is -0.813. The van der Waals surface area contributed by atoms with E-state index in [4.69, 9.17) is 34.8 Å². The van der Waals surface area contributed by atoms with E-state index in [1.165, 1.54) is 23.1 Å². The second kappa shape index (κ2) is 13.2. The first-order valence-corrected chi connectivity index (χ1v) is 15.3. The monoisotopic (exact) mass is 587 g/mol. The van der Waals surface area contributed by atoms with Crippen LogP contribution in [0.15, 0.2) is 42.5 Å². The average molecular weight is 589 g/mol. The molecular weight excluding hydrogens is 557 g/mol. The number of rotatable bonds is 10. The van der Waals surface area contributed by atoms with Crippen molar-refractivity contribution in [2.24, 2.45) is 0 Å². The van der Waals surface area contributed by atoms with Crippen LogP contribution in [0.3, 0.4) is 0 Å². The van der Waals surface area contributed by atoms with Crippen molar-refractivity contribution in [1.82, 2.24) is 10.2 Å². The van der Waals surface area contributed by atoms with Crippen molar-refractivity contribution in [3.63, 3.8) is 0 Å². The summed E-state index contributed by atoms with van der Waals surface area (Å²) in [6.45, 7) is 1.32. The van der Waals surface area contributed by atoms with Gasteiger partial charge in [0.15, 0.2) is 0 Å². The third kappa shape index (κ3) is 7.99. The van der Waals surface area contributed by atoms with Gasteiger partial charge in [-0.2, -0.15) is 0 Å². The summed E-state index contributed by atoms with van der Waals surface area (Å²) in [7, 11) is -3.91. The fourth-order valence-corrected chi connectivity index (χ4v) is 6.17. The molecule has 2 amide bonds. The molecule has 0 radical (unpaired) electrons. The topological polar surface area (TPSA) is 86.8 Å². The van der Waals surface area contributed by atoms with Gasteiger partial charge in [0, 0.05) is 22.6 Å². The molecule has 202 valence electrons. The van der Waals surface area contributed by atoms with Gasteiger partial charge in [-0.3, -0.25) is 13.9 Å². The summed E-state index contributed by atoms with van der Waals surface area (Å²) < 4.78 is 26.4. The Hall–Kier alpha value is -2.00. The number of nitrogens with one attached hydrogen (secondary N) is 1. The first-order valence-electron chi connectivity index (χ1n) is 12.3. The van der Waals surface area contributed by atoms with Gasteiger partial charge in [-0.15, -0.1) is 0 Å². The highest BCUT2D eigenvalue weighted by Crippen LogP contribution is 2.31. The smallest absolute Gasteiger partial charge is 0.244 e. The molecule has 2 aromatic rings. The summed E-state index contributed by atoms with van der Waals surface area (Å²) in [6.07, 6.45) is 6.39. The fraction of sp³-hybridized carbons (Fsp3) is 0.462. The Morgan fingerprint density at radius 3 is 2.30 bits per heavy atom. The number of carbonyl (C=O) groups is 2. The van der Waals surface area contributed by atoms with Gasteiger partial charge in [0.25, 0.3) is 0 Å². The van der Waals surface area contributed by atoms with Gasteiger partial charge < -0.3 is 10.2 Å². The Morgan fingerprint density at radius 1 is 1.03 bits per heavy atom. The van der Waals surface area contributed by atoms with E-state index in [-0.39, 0.29) is 29.2 Å². The molecule has 1 saturated carbocycles. The van der Waals surface area contributed by atoms with E-state index in [1.54, 1.807) is 24.3 Å². The second-order valence-corrected chi connectivity index (χ2v) is 12.4.